The average molecular weight is 241 g/mol. The maximum Gasteiger partial charge on any atom is 0.0787 e. The summed E-state index contributed by atoms with van der Waals surface area (Å²) in [5.74, 6) is 0. The maximum atomic E-state index is 6.08. The summed E-state index contributed by atoms with van der Waals surface area (Å²) in [5.41, 5.74) is -0.0505. The highest BCUT2D eigenvalue weighted by Gasteiger charge is 2.45. The molecule has 0 aromatic heterocycles. The first-order valence-electron chi connectivity index (χ1n) is 6.94. The van der Waals surface area contributed by atoms with Crippen molar-refractivity contribution in [1.82, 2.24) is 5.32 Å². The van der Waals surface area contributed by atoms with E-state index in [9.17, 15) is 0 Å². The van der Waals surface area contributed by atoms with Gasteiger partial charge in [-0.15, -0.1) is 0 Å². The third-order valence-electron chi connectivity index (χ3n) is 3.96. The summed E-state index contributed by atoms with van der Waals surface area (Å²) in [6.45, 7) is 10.7. The van der Waals surface area contributed by atoms with E-state index in [4.69, 9.17) is 9.47 Å². The third kappa shape index (κ3) is 3.43. The average Bonchev–Trinajstić information content (AvgIpc) is 2.72. The summed E-state index contributed by atoms with van der Waals surface area (Å²) >= 11 is 0. The van der Waals surface area contributed by atoms with Crippen LogP contribution >= 0.6 is 0 Å². The summed E-state index contributed by atoms with van der Waals surface area (Å²) in [5, 5.41) is 3.65. The molecule has 3 heteroatoms. The number of hydrogen-bond donors (Lipinski definition) is 1. The van der Waals surface area contributed by atoms with Crippen LogP contribution in [0.2, 0.25) is 0 Å². The summed E-state index contributed by atoms with van der Waals surface area (Å²) in [6, 6.07) is 0.457. The lowest BCUT2D eigenvalue weighted by Crippen LogP contribution is -2.44. The normalized spacial score (nSPS) is 35.3. The van der Waals surface area contributed by atoms with E-state index in [0.29, 0.717) is 12.1 Å². The van der Waals surface area contributed by atoms with Gasteiger partial charge in [-0.05, 0) is 59.9 Å². The molecule has 2 rings (SSSR count). The molecular formula is C14H27NO2. The van der Waals surface area contributed by atoms with Crippen molar-refractivity contribution < 1.29 is 9.47 Å². The predicted octanol–water partition coefficient (Wildman–Crippen LogP) is 2.49. The Morgan fingerprint density at radius 3 is 2.53 bits per heavy atom. The lowest BCUT2D eigenvalue weighted by atomic mass is 9.94. The van der Waals surface area contributed by atoms with Gasteiger partial charge in [0.05, 0.1) is 17.3 Å². The highest BCUT2D eigenvalue weighted by molar-refractivity contribution is 4.98. The molecular weight excluding hydrogens is 214 g/mol. The largest absolute Gasteiger partial charge is 0.378 e. The predicted molar refractivity (Wildman–Crippen MR) is 69.2 cm³/mol. The van der Waals surface area contributed by atoms with Crippen molar-refractivity contribution in [2.45, 2.75) is 76.7 Å². The van der Waals surface area contributed by atoms with Crippen LogP contribution in [0.15, 0.2) is 0 Å². The molecule has 3 nitrogen and oxygen atoms in total. The van der Waals surface area contributed by atoms with Crippen molar-refractivity contribution in [3.05, 3.63) is 0 Å². The fourth-order valence-electron chi connectivity index (χ4n) is 3.17. The molecule has 17 heavy (non-hydrogen) atoms. The summed E-state index contributed by atoms with van der Waals surface area (Å²) < 4.78 is 11.7. The molecule has 2 aliphatic rings. The Hall–Kier alpha value is -0.120. The molecule has 2 aliphatic heterocycles. The summed E-state index contributed by atoms with van der Waals surface area (Å²) in [4.78, 5) is 0. The molecule has 0 aliphatic carbocycles. The zero-order valence-corrected chi connectivity index (χ0v) is 11.7. The number of hydrogen-bond acceptors (Lipinski definition) is 3. The molecule has 2 unspecified atom stereocenters. The number of rotatable bonds is 4. The minimum atomic E-state index is -0.0555. The van der Waals surface area contributed by atoms with E-state index in [1.807, 2.05) is 0 Å². The topological polar surface area (TPSA) is 30.5 Å². The van der Waals surface area contributed by atoms with Crippen LogP contribution in [0.1, 0.15) is 53.4 Å². The number of nitrogens with one attached hydrogen (secondary N) is 1. The van der Waals surface area contributed by atoms with Gasteiger partial charge in [-0.2, -0.15) is 0 Å². The van der Waals surface area contributed by atoms with Gasteiger partial charge in [0.25, 0.3) is 0 Å². The second kappa shape index (κ2) is 4.87. The van der Waals surface area contributed by atoms with E-state index in [2.05, 4.69) is 33.0 Å². The first-order valence-corrected chi connectivity index (χ1v) is 6.94. The third-order valence-corrected chi connectivity index (χ3v) is 3.96. The van der Waals surface area contributed by atoms with Crippen LogP contribution < -0.4 is 5.32 Å². The van der Waals surface area contributed by atoms with Crippen LogP contribution in [0.4, 0.5) is 0 Å². The Bertz CT molecular complexity index is 257. The second-order valence-electron chi connectivity index (χ2n) is 6.60. The molecule has 0 bridgehead atoms. The van der Waals surface area contributed by atoms with Crippen molar-refractivity contribution in [2.75, 3.05) is 13.2 Å². The van der Waals surface area contributed by atoms with E-state index >= 15 is 0 Å². The van der Waals surface area contributed by atoms with Gasteiger partial charge in [0.2, 0.25) is 0 Å². The zero-order valence-electron chi connectivity index (χ0n) is 11.7. The maximum absolute atomic E-state index is 6.08. The molecule has 0 aromatic rings. The summed E-state index contributed by atoms with van der Waals surface area (Å²) in [6.07, 6.45) is 5.17. The van der Waals surface area contributed by atoms with Gasteiger partial charge in [-0.25, -0.2) is 0 Å². The molecule has 0 aromatic carbocycles. The fraction of sp³-hybridized carbons (Fsp3) is 1.00. The monoisotopic (exact) mass is 241 g/mol. The van der Waals surface area contributed by atoms with Crippen molar-refractivity contribution in [3.63, 3.8) is 0 Å². The molecule has 2 heterocycles. The van der Waals surface area contributed by atoms with Crippen LogP contribution in [0.3, 0.4) is 0 Å². The fourth-order valence-corrected chi connectivity index (χ4v) is 3.17. The number of ether oxygens (including phenoxy) is 2. The van der Waals surface area contributed by atoms with Crippen LogP contribution in [0.25, 0.3) is 0 Å². The molecule has 0 spiro atoms. The van der Waals surface area contributed by atoms with E-state index in [1.165, 1.54) is 12.8 Å². The second-order valence-corrected chi connectivity index (χ2v) is 6.60. The van der Waals surface area contributed by atoms with Gasteiger partial charge >= 0.3 is 0 Å². The molecule has 0 amide bonds. The standard InChI is InChI=1S/C14H27NO2/c1-13(2)10-12(14(3,4)17-13)15-8-7-11-6-5-9-16-11/h11-12,15H,5-10H2,1-4H3. The van der Waals surface area contributed by atoms with Crippen molar-refractivity contribution in [2.24, 2.45) is 0 Å². The Labute approximate surface area is 105 Å². The minimum absolute atomic E-state index is 0.00499. The van der Waals surface area contributed by atoms with Gasteiger partial charge in [-0.3, -0.25) is 0 Å². The molecule has 1 N–H and O–H groups in total. The van der Waals surface area contributed by atoms with E-state index < -0.39 is 0 Å². The van der Waals surface area contributed by atoms with Gasteiger partial charge in [-0.1, -0.05) is 0 Å². The smallest absolute Gasteiger partial charge is 0.0787 e. The Balaban J connectivity index is 1.75. The molecule has 100 valence electrons. The molecule has 2 fully saturated rings. The minimum Gasteiger partial charge on any atom is -0.378 e. The van der Waals surface area contributed by atoms with Crippen LogP contribution in [0.5, 0.6) is 0 Å². The zero-order chi connectivity index (χ0) is 12.5. The molecule has 0 saturated carbocycles. The lowest BCUT2D eigenvalue weighted by molar-refractivity contribution is -0.0699. The lowest BCUT2D eigenvalue weighted by Gasteiger charge is -2.28. The Morgan fingerprint density at radius 2 is 2.00 bits per heavy atom. The van der Waals surface area contributed by atoms with Crippen molar-refractivity contribution in [3.8, 4) is 0 Å². The highest BCUT2D eigenvalue weighted by Crippen LogP contribution is 2.37. The van der Waals surface area contributed by atoms with Crippen molar-refractivity contribution in [1.29, 1.82) is 0 Å². The molecule has 0 radical (unpaired) electrons. The van der Waals surface area contributed by atoms with Crippen LogP contribution in [0, 0.1) is 0 Å². The van der Waals surface area contributed by atoms with Crippen molar-refractivity contribution >= 4 is 0 Å². The first-order chi connectivity index (χ1) is 7.89. The van der Waals surface area contributed by atoms with E-state index in [0.717, 1.165) is 26.0 Å². The molecule has 2 saturated heterocycles. The highest BCUT2D eigenvalue weighted by atomic mass is 16.5. The van der Waals surface area contributed by atoms with Crippen LogP contribution in [-0.2, 0) is 9.47 Å². The Morgan fingerprint density at radius 1 is 1.24 bits per heavy atom. The van der Waals surface area contributed by atoms with Crippen LogP contribution in [-0.4, -0.2) is 36.5 Å². The summed E-state index contributed by atoms with van der Waals surface area (Å²) in [7, 11) is 0. The van der Waals surface area contributed by atoms with E-state index in [1.54, 1.807) is 0 Å². The molecule has 2 atom stereocenters. The van der Waals surface area contributed by atoms with E-state index in [-0.39, 0.29) is 11.2 Å². The quantitative estimate of drug-likeness (QED) is 0.820. The SMILES string of the molecule is CC1(C)CC(NCCC2CCCO2)C(C)(C)O1. The van der Waals surface area contributed by atoms with Gasteiger partial charge in [0.15, 0.2) is 0 Å². The Kier molecular flexibility index (Phi) is 3.81. The first kappa shape index (κ1) is 13.3. The van der Waals surface area contributed by atoms with Gasteiger partial charge in [0.1, 0.15) is 0 Å². The van der Waals surface area contributed by atoms with Gasteiger partial charge in [0, 0.05) is 12.6 Å². The van der Waals surface area contributed by atoms with Gasteiger partial charge < -0.3 is 14.8 Å².